The fourth-order valence-electron chi connectivity index (χ4n) is 3.47. The number of carbonyl (C=O) groups is 1. The molecule has 0 unspecified atom stereocenters. The molecule has 0 saturated carbocycles. The molecular weight excluding hydrogens is 434 g/mol. The number of nitrogens with one attached hydrogen (secondary N) is 1. The largest absolute Gasteiger partial charge is 0.507 e. The Bertz CT molecular complexity index is 1210. The number of sulfonamides is 1. The fraction of sp³-hybridized carbons (Fsp3) is 0.300. The van der Waals surface area contributed by atoms with Crippen molar-refractivity contribution in [3.63, 3.8) is 0 Å². The van der Waals surface area contributed by atoms with E-state index in [9.17, 15) is 18.3 Å². The van der Waals surface area contributed by atoms with Crippen molar-refractivity contribution in [2.45, 2.75) is 18.4 Å². The summed E-state index contributed by atoms with van der Waals surface area (Å²) in [5.74, 6) is 0.287. The zero-order valence-electron chi connectivity index (χ0n) is 17.4. The maximum atomic E-state index is 12.9. The number of hydrogen-bond acceptors (Lipinski definition) is 7. The number of urea groups is 1. The van der Waals surface area contributed by atoms with Gasteiger partial charge < -0.3 is 15.3 Å². The number of benzene rings is 1. The number of aromatic nitrogens is 4. The van der Waals surface area contributed by atoms with Gasteiger partial charge in [0.05, 0.1) is 0 Å². The third-order valence-electron chi connectivity index (χ3n) is 5.19. The van der Waals surface area contributed by atoms with E-state index in [-0.39, 0.29) is 49.4 Å². The summed E-state index contributed by atoms with van der Waals surface area (Å²) < 4.78 is 28.7. The van der Waals surface area contributed by atoms with Gasteiger partial charge in [0, 0.05) is 44.5 Å². The molecule has 1 aliphatic heterocycles. The van der Waals surface area contributed by atoms with Crippen molar-refractivity contribution in [1.82, 2.24) is 34.3 Å². The van der Waals surface area contributed by atoms with E-state index >= 15 is 0 Å². The highest BCUT2D eigenvalue weighted by atomic mass is 32.2. The Labute approximate surface area is 185 Å². The minimum atomic E-state index is -3.85. The monoisotopic (exact) mass is 457 g/mol. The van der Waals surface area contributed by atoms with Gasteiger partial charge in [-0.1, -0.05) is 12.1 Å². The molecule has 11 nitrogen and oxygen atoms in total. The summed E-state index contributed by atoms with van der Waals surface area (Å²) in [7, 11) is -3.85. The molecule has 12 heteroatoms. The molecule has 1 aromatic carbocycles. The average molecular weight is 458 g/mol. The van der Waals surface area contributed by atoms with Crippen LogP contribution in [0.25, 0.3) is 5.82 Å². The number of phenols is 1. The standard InChI is InChI=1S/C20H23N7O4S/c1-15-4-5-17(28)18(11-15)32(30,31)26-9-7-25(8-10-26)20(29)23-12-16-3-2-6-22-19(16)27-14-21-13-24-27/h2-6,11,13-14,28H,7-10,12H2,1H3,(H,23,29). The molecule has 3 aromatic rings. The van der Waals surface area contributed by atoms with E-state index in [1.54, 1.807) is 30.2 Å². The molecule has 32 heavy (non-hydrogen) atoms. The maximum absolute atomic E-state index is 12.9. The summed E-state index contributed by atoms with van der Waals surface area (Å²) in [6, 6.07) is 7.78. The number of phenolic OH excluding ortho intramolecular Hbond substituents is 1. The molecule has 0 atom stereocenters. The normalized spacial score (nSPS) is 15.0. The van der Waals surface area contributed by atoms with E-state index in [1.165, 1.54) is 33.8 Å². The first-order chi connectivity index (χ1) is 15.4. The molecule has 0 radical (unpaired) electrons. The lowest BCUT2D eigenvalue weighted by Crippen LogP contribution is -2.53. The zero-order chi connectivity index (χ0) is 22.7. The number of piperazine rings is 1. The minimum Gasteiger partial charge on any atom is -0.507 e. The van der Waals surface area contributed by atoms with Crippen molar-refractivity contribution in [1.29, 1.82) is 0 Å². The molecule has 1 aliphatic rings. The van der Waals surface area contributed by atoms with Gasteiger partial charge in [-0.15, -0.1) is 0 Å². The molecule has 2 N–H and O–H groups in total. The van der Waals surface area contributed by atoms with Crippen LogP contribution in [0.15, 0.2) is 54.1 Å². The predicted molar refractivity (Wildman–Crippen MR) is 115 cm³/mol. The molecular formula is C20H23N7O4S. The zero-order valence-corrected chi connectivity index (χ0v) is 18.2. The molecule has 2 aromatic heterocycles. The Morgan fingerprint density at radius 1 is 1.19 bits per heavy atom. The number of aromatic hydroxyl groups is 1. The Balaban J connectivity index is 1.37. The maximum Gasteiger partial charge on any atom is 0.317 e. The van der Waals surface area contributed by atoms with Crippen LogP contribution in [0.2, 0.25) is 0 Å². The minimum absolute atomic E-state index is 0.118. The van der Waals surface area contributed by atoms with Gasteiger partial charge in [-0.3, -0.25) is 0 Å². The van der Waals surface area contributed by atoms with Crippen LogP contribution in [-0.4, -0.2) is 74.7 Å². The summed E-state index contributed by atoms with van der Waals surface area (Å²) in [6.07, 6.45) is 4.56. The lowest BCUT2D eigenvalue weighted by Gasteiger charge is -2.34. The van der Waals surface area contributed by atoms with E-state index in [2.05, 4.69) is 20.4 Å². The molecule has 4 rings (SSSR count). The van der Waals surface area contributed by atoms with Gasteiger partial charge in [0.1, 0.15) is 23.3 Å². The number of rotatable bonds is 5. The number of nitrogens with zero attached hydrogens (tertiary/aromatic N) is 6. The lowest BCUT2D eigenvalue weighted by molar-refractivity contribution is 0.172. The van der Waals surface area contributed by atoms with Crippen LogP contribution in [-0.2, 0) is 16.6 Å². The summed E-state index contributed by atoms with van der Waals surface area (Å²) in [5.41, 5.74) is 1.50. The summed E-state index contributed by atoms with van der Waals surface area (Å²) in [5, 5.41) is 16.9. The molecule has 0 spiro atoms. The van der Waals surface area contributed by atoms with Crippen LogP contribution in [0.4, 0.5) is 4.79 Å². The van der Waals surface area contributed by atoms with Gasteiger partial charge in [0.15, 0.2) is 5.82 Å². The average Bonchev–Trinajstić information content (AvgIpc) is 3.34. The first-order valence-corrected chi connectivity index (χ1v) is 11.4. The van der Waals surface area contributed by atoms with Gasteiger partial charge in [0.25, 0.3) is 0 Å². The summed E-state index contributed by atoms with van der Waals surface area (Å²) in [4.78, 5) is 22.3. The van der Waals surface area contributed by atoms with E-state index in [4.69, 9.17) is 0 Å². The van der Waals surface area contributed by atoms with Crippen LogP contribution in [0.3, 0.4) is 0 Å². The summed E-state index contributed by atoms with van der Waals surface area (Å²) in [6.45, 7) is 2.75. The van der Waals surface area contributed by atoms with Crippen molar-refractivity contribution >= 4 is 16.1 Å². The van der Waals surface area contributed by atoms with E-state index in [0.717, 1.165) is 11.1 Å². The van der Waals surface area contributed by atoms with Crippen molar-refractivity contribution in [2.24, 2.45) is 0 Å². The number of pyridine rings is 1. The van der Waals surface area contributed by atoms with Crippen LogP contribution in [0.5, 0.6) is 5.75 Å². The molecule has 1 saturated heterocycles. The van der Waals surface area contributed by atoms with E-state index in [0.29, 0.717) is 5.82 Å². The first-order valence-electron chi connectivity index (χ1n) is 9.97. The smallest absolute Gasteiger partial charge is 0.317 e. The number of hydrogen-bond donors (Lipinski definition) is 2. The third-order valence-corrected chi connectivity index (χ3v) is 7.12. The second kappa shape index (κ2) is 8.93. The highest BCUT2D eigenvalue weighted by Crippen LogP contribution is 2.27. The first kappa shape index (κ1) is 21.7. The van der Waals surface area contributed by atoms with Gasteiger partial charge in [0.2, 0.25) is 10.0 Å². The van der Waals surface area contributed by atoms with Gasteiger partial charge in [-0.25, -0.2) is 27.9 Å². The number of amides is 2. The Kier molecular flexibility index (Phi) is 6.06. The predicted octanol–water partition coefficient (Wildman–Crippen LogP) is 0.892. The topological polar surface area (TPSA) is 134 Å². The van der Waals surface area contributed by atoms with E-state index in [1.807, 2.05) is 6.07 Å². The second-order valence-corrected chi connectivity index (χ2v) is 9.25. The van der Waals surface area contributed by atoms with Crippen LogP contribution in [0, 0.1) is 6.92 Å². The number of aryl methyl sites for hydroxylation is 1. The van der Waals surface area contributed by atoms with Crippen molar-refractivity contribution in [3.8, 4) is 11.6 Å². The highest BCUT2D eigenvalue weighted by molar-refractivity contribution is 7.89. The Morgan fingerprint density at radius 2 is 1.97 bits per heavy atom. The van der Waals surface area contributed by atoms with E-state index < -0.39 is 10.0 Å². The molecule has 2 amide bonds. The van der Waals surface area contributed by atoms with Crippen LogP contribution in [0.1, 0.15) is 11.1 Å². The van der Waals surface area contributed by atoms with Crippen molar-refractivity contribution in [3.05, 3.63) is 60.3 Å². The fourth-order valence-corrected chi connectivity index (χ4v) is 5.06. The van der Waals surface area contributed by atoms with Crippen molar-refractivity contribution < 1.29 is 18.3 Å². The van der Waals surface area contributed by atoms with Crippen LogP contribution >= 0.6 is 0 Å². The number of carbonyl (C=O) groups excluding carboxylic acids is 1. The molecule has 0 bridgehead atoms. The van der Waals surface area contributed by atoms with Gasteiger partial charge in [-0.05, 0) is 30.7 Å². The Hall–Kier alpha value is -3.51. The second-order valence-electron chi connectivity index (χ2n) is 7.35. The highest BCUT2D eigenvalue weighted by Gasteiger charge is 2.32. The third kappa shape index (κ3) is 4.41. The van der Waals surface area contributed by atoms with Crippen LogP contribution < -0.4 is 5.32 Å². The quantitative estimate of drug-likeness (QED) is 0.581. The molecule has 3 heterocycles. The van der Waals surface area contributed by atoms with Gasteiger partial charge >= 0.3 is 6.03 Å². The molecule has 168 valence electrons. The SMILES string of the molecule is Cc1ccc(O)c(S(=O)(=O)N2CCN(C(=O)NCc3cccnc3-n3cncn3)CC2)c1. The van der Waals surface area contributed by atoms with Crippen molar-refractivity contribution in [2.75, 3.05) is 26.2 Å². The lowest BCUT2D eigenvalue weighted by atomic mass is 10.2. The Morgan fingerprint density at radius 3 is 2.69 bits per heavy atom. The molecule has 1 fully saturated rings. The summed E-state index contributed by atoms with van der Waals surface area (Å²) >= 11 is 0. The molecule has 0 aliphatic carbocycles. The van der Waals surface area contributed by atoms with Gasteiger partial charge in [-0.2, -0.15) is 9.40 Å².